The van der Waals surface area contributed by atoms with Gasteiger partial charge in [0.15, 0.2) is 0 Å². The topological polar surface area (TPSA) is 146 Å². The van der Waals surface area contributed by atoms with Gasteiger partial charge in [-0.15, -0.1) is 0 Å². The first-order valence-corrected chi connectivity index (χ1v) is 17.5. The number of nitrogens with one attached hydrogen (secondary N) is 4. The summed E-state index contributed by atoms with van der Waals surface area (Å²) in [6, 6.07) is 4.19. The van der Waals surface area contributed by atoms with Crippen LogP contribution in [-0.2, 0) is 28.8 Å². The van der Waals surface area contributed by atoms with Gasteiger partial charge in [0.2, 0.25) is 23.5 Å². The second kappa shape index (κ2) is 14.8. The van der Waals surface area contributed by atoms with Crippen LogP contribution in [0.15, 0.2) is 42.0 Å². The lowest BCUT2D eigenvalue weighted by Crippen LogP contribution is -2.59. The van der Waals surface area contributed by atoms with Crippen molar-refractivity contribution in [3.63, 3.8) is 0 Å². The first-order chi connectivity index (χ1) is 22.8. The van der Waals surface area contributed by atoms with Gasteiger partial charge in [-0.3, -0.25) is 34.3 Å². The fraction of sp³-hybridized carbons (Fsp3) is 0.583. The first-order valence-electron chi connectivity index (χ1n) is 17.1. The molecule has 260 valence electrons. The molecule has 2 aliphatic heterocycles. The Hall–Kier alpha value is -3.70. The van der Waals surface area contributed by atoms with Gasteiger partial charge in [0.05, 0.1) is 18.3 Å². The van der Waals surface area contributed by atoms with Gasteiger partial charge in [-0.05, 0) is 68.6 Å². The van der Waals surface area contributed by atoms with E-state index in [4.69, 9.17) is 16.4 Å². The average molecular weight is 682 g/mol. The predicted molar refractivity (Wildman–Crippen MR) is 182 cm³/mol. The van der Waals surface area contributed by atoms with Crippen LogP contribution in [0.3, 0.4) is 0 Å². The Labute approximate surface area is 287 Å². The van der Waals surface area contributed by atoms with E-state index in [9.17, 15) is 24.0 Å². The molecule has 4 aliphatic rings. The number of Topliss-reactive ketones (excluding diaryl/α,β-unsaturated/α-hetero) is 1. The van der Waals surface area contributed by atoms with E-state index in [1.165, 1.54) is 4.90 Å². The predicted octanol–water partition coefficient (Wildman–Crippen LogP) is 4.11. The fourth-order valence-corrected chi connectivity index (χ4v) is 6.78. The van der Waals surface area contributed by atoms with Crippen molar-refractivity contribution in [2.24, 2.45) is 5.41 Å². The highest BCUT2D eigenvalue weighted by molar-refractivity contribution is 6.38. The number of hydroxylamine groups is 1. The molecule has 48 heavy (non-hydrogen) atoms. The summed E-state index contributed by atoms with van der Waals surface area (Å²) < 4.78 is 0. The molecule has 0 aromatic heterocycles. The molecule has 2 aliphatic carbocycles. The lowest BCUT2D eigenvalue weighted by Gasteiger charge is -2.36. The van der Waals surface area contributed by atoms with Crippen molar-refractivity contribution in [3.05, 3.63) is 52.6 Å². The van der Waals surface area contributed by atoms with E-state index in [1.807, 2.05) is 45.9 Å². The molecule has 4 atom stereocenters. The van der Waals surface area contributed by atoms with E-state index < -0.39 is 52.6 Å². The Balaban J connectivity index is 1.41. The summed E-state index contributed by atoms with van der Waals surface area (Å²) in [5.74, 6) is -2.66. The van der Waals surface area contributed by atoms with Crippen LogP contribution >= 0.6 is 11.6 Å². The maximum Gasteiger partial charge on any atom is 0.289 e. The number of likely N-dealkylation sites (tertiary alicyclic amines) is 1. The molecule has 1 saturated heterocycles. The number of carbonyl (C=O) groups excluding carboxylic acids is 5. The number of nitrogens with zero attached hydrogens (tertiary/aromatic N) is 1. The van der Waals surface area contributed by atoms with Gasteiger partial charge in [-0.1, -0.05) is 69.5 Å². The maximum absolute atomic E-state index is 14.5. The molecule has 4 N–H and O–H groups in total. The summed E-state index contributed by atoms with van der Waals surface area (Å²) in [5, 5.41) is 9.03. The van der Waals surface area contributed by atoms with Crippen LogP contribution in [0, 0.1) is 5.41 Å². The van der Waals surface area contributed by atoms with E-state index in [0.29, 0.717) is 17.1 Å². The molecule has 5 rings (SSSR count). The van der Waals surface area contributed by atoms with Crippen LogP contribution in [0.2, 0.25) is 5.02 Å². The summed E-state index contributed by atoms with van der Waals surface area (Å²) in [6.07, 6.45) is 10.7. The first kappa shape index (κ1) is 35.6. The molecule has 0 unspecified atom stereocenters. The highest BCUT2D eigenvalue weighted by Crippen LogP contribution is 2.39. The Bertz CT molecular complexity index is 1500. The molecule has 4 amide bonds. The molecule has 2 heterocycles. The highest BCUT2D eigenvalue weighted by atomic mass is 35.5. The largest absolute Gasteiger partial charge is 0.347 e. The third-order valence-electron chi connectivity index (χ3n) is 9.38. The van der Waals surface area contributed by atoms with Crippen molar-refractivity contribution < 1.29 is 28.8 Å². The average Bonchev–Trinajstić information content (AvgIpc) is 3.63. The molecule has 12 heteroatoms. The number of hydrogen-bond donors (Lipinski definition) is 4. The summed E-state index contributed by atoms with van der Waals surface area (Å²) in [4.78, 5) is 75.3. The third kappa shape index (κ3) is 8.66. The quantitative estimate of drug-likeness (QED) is 0.192. The minimum Gasteiger partial charge on any atom is -0.347 e. The molecule has 1 aromatic carbocycles. The number of ketones is 1. The van der Waals surface area contributed by atoms with Crippen LogP contribution < -0.4 is 21.4 Å². The normalized spacial score (nSPS) is 23.4. The second-order valence-corrected chi connectivity index (χ2v) is 15.1. The standard InChI is InChI=1S/C36H48ClN5O6/c1-5-10-26(30(44)33(46)38-25-15-16-25)39-32(45)28-20-36(19-27(41-48-36)23-13-9-14-24(37)18-23)21-42(28)34(47)31(35(2,3)4)40-29(43)17-22-11-7-6-8-12-22/h9,11,13-14,18-19,25-26,28,31,41H,5-8,10,12,15-17,20-21H2,1-4H3,(H,38,46)(H,39,45)(H,40,43)/t26-,28-,31+,36+/m0/s1. The molecule has 11 nitrogen and oxygen atoms in total. The van der Waals surface area contributed by atoms with Gasteiger partial charge in [0, 0.05) is 29.5 Å². The molecular formula is C36H48ClN5O6. The summed E-state index contributed by atoms with van der Waals surface area (Å²) >= 11 is 6.24. The minimum absolute atomic E-state index is 0.00586. The van der Waals surface area contributed by atoms with Crippen molar-refractivity contribution in [1.29, 1.82) is 0 Å². The summed E-state index contributed by atoms with van der Waals surface area (Å²) in [7, 11) is 0. The van der Waals surface area contributed by atoms with Crippen LogP contribution in [0.4, 0.5) is 0 Å². The van der Waals surface area contributed by atoms with Gasteiger partial charge in [-0.25, -0.2) is 0 Å². The fourth-order valence-electron chi connectivity index (χ4n) is 6.59. The number of carbonyl (C=O) groups is 5. The molecule has 2 fully saturated rings. The Kier molecular flexibility index (Phi) is 11.0. The number of allylic oxidation sites excluding steroid dienone is 1. The smallest absolute Gasteiger partial charge is 0.289 e. The van der Waals surface area contributed by atoms with Crippen LogP contribution in [0.25, 0.3) is 5.70 Å². The monoisotopic (exact) mass is 681 g/mol. The van der Waals surface area contributed by atoms with Crippen molar-refractivity contribution in [3.8, 4) is 0 Å². The number of amides is 4. The minimum atomic E-state index is -1.08. The van der Waals surface area contributed by atoms with E-state index in [-0.39, 0.29) is 37.8 Å². The maximum atomic E-state index is 14.5. The van der Waals surface area contributed by atoms with E-state index in [0.717, 1.165) is 49.7 Å². The molecule has 1 spiro atoms. The van der Waals surface area contributed by atoms with Gasteiger partial charge in [0.1, 0.15) is 17.7 Å². The van der Waals surface area contributed by atoms with Gasteiger partial charge in [0.25, 0.3) is 5.91 Å². The zero-order valence-corrected chi connectivity index (χ0v) is 29.1. The highest BCUT2D eigenvalue weighted by Gasteiger charge is 2.54. The Morgan fingerprint density at radius 1 is 1.12 bits per heavy atom. The molecule has 1 aromatic rings. The lowest BCUT2D eigenvalue weighted by molar-refractivity contribution is -0.145. The molecular weight excluding hydrogens is 634 g/mol. The van der Waals surface area contributed by atoms with Crippen molar-refractivity contribution in [1.82, 2.24) is 26.3 Å². The molecule has 0 bridgehead atoms. The van der Waals surface area contributed by atoms with Crippen LogP contribution in [0.1, 0.15) is 97.5 Å². The van der Waals surface area contributed by atoms with Crippen molar-refractivity contribution >= 4 is 46.7 Å². The SMILES string of the molecule is CCC[C@H](NC(=O)[C@@H]1C[C@]2(C=C(c3cccc(Cl)c3)NO2)CN1C(=O)[C@@H](NC(=O)CC1=CCCCC1)C(C)(C)C)C(=O)C(=O)NC1CC1. The molecule has 1 saturated carbocycles. The van der Waals surface area contributed by atoms with E-state index in [1.54, 1.807) is 12.1 Å². The van der Waals surface area contributed by atoms with Gasteiger partial charge < -0.3 is 20.9 Å². The number of benzene rings is 1. The van der Waals surface area contributed by atoms with Crippen molar-refractivity contribution in [2.45, 2.75) is 122 Å². The molecule has 0 radical (unpaired) electrons. The number of halogens is 1. The number of hydrogen-bond acceptors (Lipinski definition) is 7. The summed E-state index contributed by atoms with van der Waals surface area (Å²) in [6.45, 7) is 7.50. The van der Waals surface area contributed by atoms with Crippen LogP contribution in [-0.4, -0.2) is 70.6 Å². The third-order valence-corrected chi connectivity index (χ3v) is 9.62. The lowest BCUT2D eigenvalue weighted by atomic mass is 9.85. The van der Waals surface area contributed by atoms with E-state index >= 15 is 0 Å². The Morgan fingerprint density at radius 3 is 2.54 bits per heavy atom. The zero-order valence-electron chi connectivity index (χ0n) is 28.3. The van der Waals surface area contributed by atoms with Gasteiger partial charge in [-0.2, -0.15) is 0 Å². The second-order valence-electron chi connectivity index (χ2n) is 14.6. The Morgan fingerprint density at radius 2 is 1.90 bits per heavy atom. The zero-order chi connectivity index (χ0) is 34.6. The van der Waals surface area contributed by atoms with Crippen molar-refractivity contribution in [2.75, 3.05) is 6.54 Å². The van der Waals surface area contributed by atoms with E-state index in [2.05, 4.69) is 27.5 Å². The van der Waals surface area contributed by atoms with Crippen LogP contribution in [0.5, 0.6) is 0 Å². The number of rotatable bonds is 12. The summed E-state index contributed by atoms with van der Waals surface area (Å²) in [5.41, 5.74) is 3.67. The van der Waals surface area contributed by atoms with Gasteiger partial charge >= 0.3 is 0 Å².